The number of aromatic nitrogens is 3. The zero-order valence-corrected chi connectivity index (χ0v) is 14.4. The van der Waals surface area contributed by atoms with Gasteiger partial charge in [0.05, 0.1) is 13.2 Å². The Kier molecular flexibility index (Phi) is 4.83. The second-order valence-electron chi connectivity index (χ2n) is 6.04. The molecule has 0 saturated carbocycles. The summed E-state index contributed by atoms with van der Waals surface area (Å²) in [7, 11) is 1.59. The van der Waals surface area contributed by atoms with Gasteiger partial charge in [-0.25, -0.2) is 4.79 Å². The van der Waals surface area contributed by atoms with Crippen molar-refractivity contribution in [2.75, 3.05) is 12.4 Å². The standard InChI is InChI=1S/C18H21N5O2/c1-12(2)16(17-22-21-15-9-4-5-10-23(15)17)20-18(24)19-13-7-6-8-14(11-13)25-3/h4-12,16H,1-3H3,(H2,19,20,24). The second kappa shape index (κ2) is 7.21. The van der Waals surface area contributed by atoms with Crippen molar-refractivity contribution in [2.24, 2.45) is 5.92 Å². The van der Waals surface area contributed by atoms with Crippen molar-refractivity contribution >= 4 is 17.4 Å². The number of carbonyl (C=O) groups excluding carboxylic acids is 1. The van der Waals surface area contributed by atoms with Crippen molar-refractivity contribution in [1.29, 1.82) is 0 Å². The van der Waals surface area contributed by atoms with Crippen LogP contribution in [0.5, 0.6) is 5.75 Å². The summed E-state index contributed by atoms with van der Waals surface area (Å²) in [5.74, 6) is 1.52. The number of nitrogens with zero attached hydrogens (tertiary/aromatic N) is 3. The van der Waals surface area contributed by atoms with E-state index in [1.807, 2.05) is 54.8 Å². The van der Waals surface area contributed by atoms with E-state index < -0.39 is 0 Å². The SMILES string of the molecule is COc1cccc(NC(=O)NC(c2nnc3ccccn23)C(C)C)c1. The van der Waals surface area contributed by atoms with Gasteiger partial charge in [0, 0.05) is 18.0 Å². The van der Waals surface area contributed by atoms with Gasteiger partial charge in [-0.3, -0.25) is 4.40 Å². The number of rotatable bonds is 5. The topological polar surface area (TPSA) is 80.5 Å². The highest BCUT2D eigenvalue weighted by Crippen LogP contribution is 2.21. The third-order valence-electron chi connectivity index (χ3n) is 3.90. The predicted molar refractivity (Wildman–Crippen MR) is 95.7 cm³/mol. The van der Waals surface area contributed by atoms with Gasteiger partial charge >= 0.3 is 6.03 Å². The van der Waals surface area contributed by atoms with Gasteiger partial charge in [-0.05, 0) is 30.2 Å². The van der Waals surface area contributed by atoms with Crippen LogP contribution in [-0.2, 0) is 0 Å². The van der Waals surface area contributed by atoms with Gasteiger partial charge in [-0.2, -0.15) is 0 Å². The van der Waals surface area contributed by atoms with E-state index in [4.69, 9.17) is 4.74 Å². The van der Waals surface area contributed by atoms with Crippen LogP contribution in [0.3, 0.4) is 0 Å². The normalized spacial score (nSPS) is 12.2. The van der Waals surface area contributed by atoms with Crippen molar-refractivity contribution in [3.8, 4) is 5.75 Å². The number of ether oxygens (including phenoxy) is 1. The highest BCUT2D eigenvalue weighted by atomic mass is 16.5. The smallest absolute Gasteiger partial charge is 0.319 e. The first-order chi connectivity index (χ1) is 12.1. The van der Waals surface area contributed by atoms with Crippen LogP contribution in [0.15, 0.2) is 48.7 Å². The van der Waals surface area contributed by atoms with Crippen LogP contribution < -0.4 is 15.4 Å². The van der Waals surface area contributed by atoms with Gasteiger partial charge in [0.1, 0.15) is 5.75 Å². The first-order valence-corrected chi connectivity index (χ1v) is 8.09. The van der Waals surface area contributed by atoms with Crippen LogP contribution in [-0.4, -0.2) is 27.7 Å². The number of carbonyl (C=O) groups is 1. The lowest BCUT2D eigenvalue weighted by Crippen LogP contribution is -2.36. The lowest BCUT2D eigenvalue weighted by atomic mass is 10.0. The Balaban J connectivity index is 1.78. The summed E-state index contributed by atoms with van der Waals surface area (Å²) < 4.78 is 7.05. The quantitative estimate of drug-likeness (QED) is 0.748. The molecule has 2 N–H and O–H groups in total. The largest absolute Gasteiger partial charge is 0.497 e. The highest BCUT2D eigenvalue weighted by molar-refractivity contribution is 5.89. The highest BCUT2D eigenvalue weighted by Gasteiger charge is 2.23. The van der Waals surface area contributed by atoms with Crippen molar-refractivity contribution in [3.05, 3.63) is 54.5 Å². The molecule has 1 atom stereocenters. The molecule has 0 aliphatic heterocycles. The Morgan fingerprint density at radius 2 is 2.00 bits per heavy atom. The Morgan fingerprint density at radius 3 is 2.76 bits per heavy atom. The van der Waals surface area contributed by atoms with Crippen molar-refractivity contribution in [3.63, 3.8) is 0 Å². The number of urea groups is 1. The average Bonchev–Trinajstić information content (AvgIpc) is 3.03. The van der Waals surface area contributed by atoms with Crippen LogP contribution in [0.4, 0.5) is 10.5 Å². The molecule has 7 heteroatoms. The zero-order valence-electron chi connectivity index (χ0n) is 14.4. The molecule has 7 nitrogen and oxygen atoms in total. The minimum absolute atomic E-state index is 0.142. The molecule has 0 spiro atoms. The van der Waals surface area contributed by atoms with Crippen LogP contribution in [0.2, 0.25) is 0 Å². The molecular formula is C18H21N5O2. The van der Waals surface area contributed by atoms with E-state index in [0.29, 0.717) is 17.3 Å². The van der Waals surface area contributed by atoms with Crippen LogP contribution in [0.25, 0.3) is 5.65 Å². The summed E-state index contributed by atoms with van der Waals surface area (Å²) in [6.45, 7) is 4.06. The van der Waals surface area contributed by atoms with Gasteiger partial charge in [-0.1, -0.05) is 26.0 Å². The lowest BCUT2D eigenvalue weighted by Gasteiger charge is -2.21. The van der Waals surface area contributed by atoms with Crippen LogP contribution >= 0.6 is 0 Å². The van der Waals surface area contributed by atoms with Gasteiger partial charge in [-0.15, -0.1) is 10.2 Å². The van der Waals surface area contributed by atoms with Crippen LogP contribution in [0.1, 0.15) is 25.7 Å². The van der Waals surface area contributed by atoms with E-state index in [9.17, 15) is 4.79 Å². The fourth-order valence-electron chi connectivity index (χ4n) is 2.61. The molecule has 0 aliphatic rings. The molecule has 0 aliphatic carbocycles. The number of hydrogen-bond acceptors (Lipinski definition) is 4. The number of amides is 2. The number of benzene rings is 1. The van der Waals surface area contributed by atoms with E-state index >= 15 is 0 Å². The maximum absolute atomic E-state index is 12.4. The summed E-state index contributed by atoms with van der Waals surface area (Å²) in [6.07, 6.45) is 1.89. The second-order valence-corrected chi connectivity index (χ2v) is 6.04. The third-order valence-corrected chi connectivity index (χ3v) is 3.90. The van der Waals surface area contributed by atoms with E-state index in [1.165, 1.54) is 0 Å². The number of methoxy groups -OCH3 is 1. The Morgan fingerprint density at radius 1 is 1.16 bits per heavy atom. The molecule has 25 heavy (non-hydrogen) atoms. The number of anilines is 1. The fourth-order valence-corrected chi connectivity index (χ4v) is 2.61. The Hall–Kier alpha value is -3.09. The third kappa shape index (κ3) is 3.71. The van der Waals surface area contributed by atoms with Crippen LogP contribution in [0, 0.1) is 5.92 Å². The maximum atomic E-state index is 12.4. The molecule has 0 fully saturated rings. The zero-order chi connectivity index (χ0) is 17.8. The van der Waals surface area contributed by atoms with Gasteiger partial charge < -0.3 is 15.4 Å². The van der Waals surface area contributed by atoms with Crippen molar-refractivity contribution < 1.29 is 9.53 Å². The molecule has 130 valence electrons. The number of pyridine rings is 1. The molecule has 2 aromatic heterocycles. The first kappa shape index (κ1) is 16.8. The average molecular weight is 339 g/mol. The first-order valence-electron chi connectivity index (χ1n) is 8.09. The summed E-state index contributed by atoms with van der Waals surface area (Å²) in [6, 6.07) is 12.3. The predicted octanol–water partition coefficient (Wildman–Crippen LogP) is 3.26. The molecule has 3 aromatic rings. The Labute approximate surface area is 146 Å². The summed E-state index contributed by atoms with van der Waals surface area (Å²) in [4.78, 5) is 12.4. The molecule has 2 heterocycles. The number of nitrogens with one attached hydrogen (secondary N) is 2. The monoisotopic (exact) mass is 339 g/mol. The van der Waals surface area contributed by atoms with Gasteiger partial charge in [0.15, 0.2) is 11.5 Å². The lowest BCUT2D eigenvalue weighted by molar-refractivity contribution is 0.243. The molecule has 1 aromatic carbocycles. The minimum Gasteiger partial charge on any atom is -0.497 e. The molecular weight excluding hydrogens is 318 g/mol. The molecule has 1 unspecified atom stereocenters. The molecule has 0 bridgehead atoms. The number of hydrogen-bond donors (Lipinski definition) is 2. The van der Waals surface area contributed by atoms with Crippen molar-refractivity contribution in [1.82, 2.24) is 19.9 Å². The van der Waals surface area contributed by atoms with E-state index in [0.717, 1.165) is 5.65 Å². The van der Waals surface area contributed by atoms with Crippen molar-refractivity contribution in [2.45, 2.75) is 19.9 Å². The van der Waals surface area contributed by atoms with E-state index in [-0.39, 0.29) is 18.0 Å². The molecule has 0 radical (unpaired) electrons. The van der Waals surface area contributed by atoms with E-state index in [1.54, 1.807) is 19.2 Å². The number of fused-ring (bicyclic) bond motifs is 1. The van der Waals surface area contributed by atoms with Gasteiger partial charge in [0.25, 0.3) is 0 Å². The maximum Gasteiger partial charge on any atom is 0.319 e. The Bertz CT molecular complexity index is 875. The van der Waals surface area contributed by atoms with E-state index in [2.05, 4.69) is 20.8 Å². The fraction of sp³-hybridized carbons (Fsp3) is 0.278. The minimum atomic E-state index is -0.306. The van der Waals surface area contributed by atoms with Gasteiger partial charge in [0.2, 0.25) is 0 Å². The molecule has 2 amide bonds. The molecule has 3 rings (SSSR count). The molecule has 0 saturated heterocycles. The summed E-state index contributed by atoms with van der Waals surface area (Å²) in [5.41, 5.74) is 1.41. The summed E-state index contributed by atoms with van der Waals surface area (Å²) >= 11 is 0. The summed E-state index contributed by atoms with van der Waals surface area (Å²) in [5, 5.41) is 14.2.